The molecule has 1 fully saturated rings. The normalized spacial score (nSPS) is 23.1. The van der Waals surface area contributed by atoms with Crippen molar-refractivity contribution in [3.63, 3.8) is 0 Å². The predicted molar refractivity (Wildman–Crippen MR) is 84.4 cm³/mol. The third kappa shape index (κ3) is 3.10. The van der Waals surface area contributed by atoms with E-state index in [1.54, 1.807) is 7.11 Å². The molecule has 5 heteroatoms. The van der Waals surface area contributed by atoms with Gasteiger partial charge in [0.2, 0.25) is 0 Å². The van der Waals surface area contributed by atoms with Crippen molar-refractivity contribution >= 4 is 15.9 Å². The molecule has 0 amide bonds. The van der Waals surface area contributed by atoms with Gasteiger partial charge in [-0.25, -0.2) is 0 Å². The number of halogens is 1. The van der Waals surface area contributed by atoms with Gasteiger partial charge in [0.1, 0.15) is 11.5 Å². The third-order valence-electron chi connectivity index (χ3n) is 3.91. The van der Waals surface area contributed by atoms with Crippen LogP contribution in [0.1, 0.15) is 24.9 Å². The van der Waals surface area contributed by atoms with E-state index in [0.717, 1.165) is 35.5 Å². The fourth-order valence-electron chi connectivity index (χ4n) is 2.89. The summed E-state index contributed by atoms with van der Waals surface area (Å²) in [6.45, 7) is 4.42. The number of hydrogen-bond donors (Lipinski definition) is 1. The largest absolute Gasteiger partial charge is 0.495 e. The van der Waals surface area contributed by atoms with E-state index in [2.05, 4.69) is 33.9 Å². The van der Waals surface area contributed by atoms with Crippen LogP contribution in [-0.4, -0.2) is 38.8 Å². The molecule has 1 heterocycles. The Kier molecular flexibility index (Phi) is 5.29. The van der Waals surface area contributed by atoms with E-state index >= 15 is 0 Å². The summed E-state index contributed by atoms with van der Waals surface area (Å²) in [7, 11) is 3.82. The molecule has 1 aromatic rings. The van der Waals surface area contributed by atoms with Gasteiger partial charge < -0.3 is 15.2 Å². The standard InChI is InChI=1S/C15H23BrN2O2/c1-4-20-14-7-15(19-3)12(16)6-11(14)13-5-10(8-17)9-18(13)2/h6-7,10,13H,4-5,8-9,17H2,1-3H3. The molecule has 0 bridgehead atoms. The highest BCUT2D eigenvalue weighted by atomic mass is 79.9. The SMILES string of the molecule is CCOc1cc(OC)c(Br)cc1C1CC(CN)CN1C. The van der Waals surface area contributed by atoms with Crippen LogP contribution in [0.2, 0.25) is 0 Å². The van der Waals surface area contributed by atoms with Crippen LogP contribution in [0.5, 0.6) is 11.5 Å². The van der Waals surface area contributed by atoms with E-state index in [0.29, 0.717) is 18.6 Å². The van der Waals surface area contributed by atoms with Crippen LogP contribution in [0.3, 0.4) is 0 Å². The average Bonchev–Trinajstić information content (AvgIpc) is 2.81. The van der Waals surface area contributed by atoms with Gasteiger partial charge in [0, 0.05) is 24.2 Å². The lowest BCUT2D eigenvalue weighted by Crippen LogP contribution is -2.21. The van der Waals surface area contributed by atoms with Gasteiger partial charge in [-0.15, -0.1) is 0 Å². The summed E-state index contributed by atoms with van der Waals surface area (Å²) in [5.74, 6) is 2.26. The molecule has 0 radical (unpaired) electrons. The monoisotopic (exact) mass is 342 g/mol. The predicted octanol–water partition coefficient (Wildman–Crippen LogP) is 2.81. The number of methoxy groups -OCH3 is 1. The van der Waals surface area contributed by atoms with Gasteiger partial charge in [-0.2, -0.15) is 0 Å². The lowest BCUT2D eigenvalue weighted by atomic mass is 9.99. The van der Waals surface area contributed by atoms with Crippen molar-refractivity contribution < 1.29 is 9.47 Å². The lowest BCUT2D eigenvalue weighted by Gasteiger charge is -2.23. The molecule has 1 saturated heterocycles. The summed E-state index contributed by atoms with van der Waals surface area (Å²) >= 11 is 3.57. The first kappa shape index (κ1) is 15.6. The molecule has 112 valence electrons. The molecule has 2 unspecified atom stereocenters. The molecule has 0 saturated carbocycles. The van der Waals surface area contributed by atoms with E-state index in [9.17, 15) is 0 Å². The molecular formula is C15H23BrN2O2. The molecule has 20 heavy (non-hydrogen) atoms. The highest BCUT2D eigenvalue weighted by molar-refractivity contribution is 9.10. The second kappa shape index (κ2) is 6.78. The number of rotatable bonds is 5. The minimum Gasteiger partial charge on any atom is -0.495 e. The molecule has 1 aliphatic rings. The fourth-order valence-corrected chi connectivity index (χ4v) is 3.41. The highest BCUT2D eigenvalue weighted by Crippen LogP contribution is 2.42. The highest BCUT2D eigenvalue weighted by Gasteiger charge is 2.32. The van der Waals surface area contributed by atoms with Crippen molar-refractivity contribution in [1.29, 1.82) is 0 Å². The first-order valence-corrected chi connectivity index (χ1v) is 7.80. The molecule has 4 nitrogen and oxygen atoms in total. The Labute approximate surface area is 129 Å². The number of nitrogens with two attached hydrogens (primary N) is 1. The quantitative estimate of drug-likeness (QED) is 0.893. The van der Waals surface area contributed by atoms with Gasteiger partial charge in [-0.3, -0.25) is 4.90 Å². The Bertz CT molecular complexity index is 467. The lowest BCUT2D eigenvalue weighted by molar-refractivity contribution is 0.289. The van der Waals surface area contributed by atoms with Crippen molar-refractivity contribution in [2.45, 2.75) is 19.4 Å². The minimum absolute atomic E-state index is 0.354. The van der Waals surface area contributed by atoms with Crippen molar-refractivity contribution in [2.24, 2.45) is 11.7 Å². The molecule has 1 aromatic carbocycles. The van der Waals surface area contributed by atoms with Crippen molar-refractivity contribution in [1.82, 2.24) is 4.90 Å². The van der Waals surface area contributed by atoms with E-state index in [-0.39, 0.29) is 0 Å². The Hall–Kier alpha value is -0.780. The number of benzene rings is 1. The van der Waals surface area contributed by atoms with Crippen LogP contribution in [-0.2, 0) is 0 Å². The van der Waals surface area contributed by atoms with Crippen molar-refractivity contribution in [2.75, 3.05) is 33.9 Å². The van der Waals surface area contributed by atoms with Crippen LogP contribution in [0, 0.1) is 5.92 Å². The Morgan fingerprint density at radius 1 is 1.40 bits per heavy atom. The van der Waals surface area contributed by atoms with Gasteiger partial charge >= 0.3 is 0 Å². The molecule has 0 aliphatic carbocycles. The second-order valence-electron chi connectivity index (χ2n) is 5.25. The van der Waals surface area contributed by atoms with Gasteiger partial charge in [0.05, 0.1) is 18.2 Å². The Balaban J connectivity index is 2.36. The zero-order valence-electron chi connectivity index (χ0n) is 12.4. The van der Waals surface area contributed by atoms with Gasteiger partial charge in [0.25, 0.3) is 0 Å². The zero-order chi connectivity index (χ0) is 14.7. The first-order chi connectivity index (χ1) is 9.60. The second-order valence-corrected chi connectivity index (χ2v) is 6.10. The van der Waals surface area contributed by atoms with E-state index < -0.39 is 0 Å². The van der Waals surface area contributed by atoms with Gasteiger partial charge in [-0.1, -0.05) is 0 Å². The van der Waals surface area contributed by atoms with Gasteiger partial charge in [-0.05, 0) is 54.9 Å². The maximum atomic E-state index is 5.82. The van der Waals surface area contributed by atoms with E-state index in [1.807, 2.05) is 13.0 Å². The molecule has 2 rings (SSSR count). The zero-order valence-corrected chi connectivity index (χ0v) is 13.9. The maximum Gasteiger partial charge on any atom is 0.136 e. The van der Waals surface area contributed by atoms with Crippen LogP contribution in [0.25, 0.3) is 0 Å². The summed E-state index contributed by atoms with van der Waals surface area (Å²) in [5, 5.41) is 0. The first-order valence-electron chi connectivity index (χ1n) is 7.01. The van der Waals surface area contributed by atoms with Crippen molar-refractivity contribution in [3.05, 3.63) is 22.2 Å². The summed E-state index contributed by atoms with van der Waals surface area (Å²) < 4.78 is 12.1. The summed E-state index contributed by atoms with van der Waals surface area (Å²) in [5.41, 5.74) is 7.03. The minimum atomic E-state index is 0.354. The summed E-state index contributed by atoms with van der Waals surface area (Å²) in [6.07, 6.45) is 1.08. The molecular weight excluding hydrogens is 320 g/mol. The summed E-state index contributed by atoms with van der Waals surface area (Å²) in [4.78, 5) is 2.36. The smallest absolute Gasteiger partial charge is 0.136 e. The number of nitrogens with zero attached hydrogens (tertiary/aromatic N) is 1. The molecule has 2 N–H and O–H groups in total. The Morgan fingerprint density at radius 3 is 2.70 bits per heavy atom. The third-order valence-corrected chi connectivity index (χ3v) is 4.53. The average molecular weight is 343 g/mol. The van der Waals surface area contributed by atoms with Crippen LogP contribution in [0.15, 0.2) is 16.6 Å². The fraction of sp³-hybridized carbons (Fsp3) is 0.600. The van der Waals surface area contributed by atoms with Crippen LogP contribution in [0.4, 0.5) is 0 Å². The summed E-state index contributed by atoms with van der Waals surface area (Å²) in [6, 6.07) is 4.43. The van der Waals surface area contributed by atoms with E-state index in [4.69, 9.17) is 15.2 Å². The molecule has 2 atom stereocenters. The molecule has 0 aromatic heterocycles. The molecule has 1 aliphatic heterocycles. The number of likely N-dealkylation sites (tertiary alicyclic amines) is 1. The van der Waals surface area contributed by atoms with Crippen LogP contribution >= 0.6 is 15.9 Å². The number of hydrogen-bond acceptors (Lipinski definition) is 4. The Morgan fingerprint density at radius 2 is 2.15 bits per heavy atom. The van der Waals surface area contributed by atoms with Gasteiger partial charge in [0.15, 0.2) is 0 Å². The maximum absolute atomic E-state index is 5.82. The van der Waals surface area contributed by atoms with Crippen molar-refractivity contribution in [3.8, 4) is 11.5 Å². The topological polar surface area (TPSA) is 47.7 Å². The number of ether oxygens (including phenoxy) is 2. The molecule has 0 spiro atoms. The van der Waals surface area contributed by atoms with Crippen LogP contribution < -0.4 is 15.2 Å². The van der Waals surface area contributed by atoms with E-state index in [1.165, 1.54) is 5.56 Å².